The molecular weight excluding hydrogens is 370 g/mol. The molecule has 1 aliphatic rings. The highest BCUT2D eigenvalue weighted by Gasteiger charge is 2.23. The number of benzene rings is 2. The van der Waals surface area contributed by atoms with Crippen LogP contribution in [0, 0.1) is 17.0 Å². The summed E-state index contributed by atoms with van der Waals surface area (Å²) in [7, 11) is 0. The maximum absolute atomic E-state index is 12.5. The van der Waals surface area contributed by atoms with Crippen LogP contribution in [0.15, 0.2) is 42.5 Å². The number of nitrogens with zero attached hydrogens (tertiary/aromatic N) is 2. The van der Waals surface area contributed by atoms with Gasteiger partial charge in [0.25, 0.3) is 11.6 Å². The zero-order chi connectivity index (χ0) is 21.0. The lowest BCUT2D eigenvalue weighted by atomic mass is 10.1. The van der Waals surface area contributed by atoms with Gasteiger partial charge in [-0.3, -0.25) is 19.8 Å². The molecule has 2 atom stereocenters. The fourth-order valence-electron chi connectivity index (χ4n) is 3.80. The molecule has 0 aromatic heterocycles. The van der Waals surface area contributed by atoms with Gasteiger partial charge >= 0.3 is 0 Å². The Bertz CT molecular complexity index is 872. The molecule has 1 fully saturated rings. The van der Waals surface area contributed by atoms with Crippen LogP contribution >= 0.6 is 0 Å². The van der Waals surface area contributed by atoms with Crippen LogP contribution in [0.4, 0.5) is 5.69 Å². The number of nitro benzene ring substituents is 1. The molecule has 0 saturated carbocycles. The summed E-state index contributed by atoms with van der Waals surface area (Å²) < 4.78 is 5.77. The number of aryl methyl sites for hydroxylation is 1. The Morgan fingerprint density at radius 1 is 1.14 bits per heavy atom. The van der Waals surface area contributed by atoms with Crippen LogP contribution in [-0.4, -0.2) is 41.0 Å². The second-order valence-corrected chi connectivity index (χ2v) is 7.68. The molecule has 2 unspecified atom stereocenters. The Balaban J connectivity index is 1.59. The quantitative estimate of drug-likeness (QED) is 0.596. The molecule has 0 spiro atoms. The zero-order valence-electron chi connectivity index (χ0n) is 17.1. The van der Waals surface area contributed by atoms with Gasteiger partial charge in [-0.05, 0) is 38.0 Å². The summed E-state index contributed by atoms with van der Waals surface area (Å²) in [5.74, 6) is -0.444. The van der Waals surface area contributed by atoms with Crippen molar-refractivity contribution >= 4 is 11.6 Å². The third-order valence-corrected chi connectivity index (χ3v) is 5.04. The molecule has 154 valence electrons. The molecule has 7 nitrogen and oxygen atoms in total. The van der Waals surface area contributed by atoms with E-state index in [1.54, 1.807) is 19.1 Å². The van der Waals surface area contributed by atoms with Crippen molar-refractivity contribution in [3.05, 3.63) is 74.8 Å². The Morgan fingerprint density at radius 3 is 2.38 bits per heavy atom. The van der Waals surface area contributed by atoms with E-state index < -0.39 is 10.8 Å². The number of hydrogen-bond acceptors (Lipinski definition) is 5. The molecule has 2 aromatic carbocycles. The standard InChI is InChI=1S/C22H27N3O4/c1-15-5-4-6-20(21(15)25(27)28)22(26)23-11-18-7-9-19(10-8-18)14-24-12-16(2)29-17(3)13-24/h4-10,16-17H,11-14H2,1-3H3,(H,23,26). The highest BCUT2D eigenvalue weighted by Crippen LogP contribution is 2.23. The molecule has 1 N–H and O–H groups in total. The molecule has 2 aromatic rings. The number of morpholine rings is 1. The highest BCUT2D eigenvalue weighted by atomic mass is 16.6. The summed E-state index contributed by atoms with van der Waals surface area (Å²) in [5.41, 5.74) is 2.56. The molecule has 1 aliphatic heterocycles. The summed E-state index contributed by atoms with van der Waals surface area (Å²) in [6, 6.07) is 12.8. The van der Waals surface area contributed by atoms with E-state index in [9.17, 15) is 14.9 Å². The van der Waals surface area contributed by atoms with Crippen molar-refractivity contribution in [3.8, 4) is 0 Å². The SMILES string of the molecule is Cc1cccc(C(=O)NCc2ccc(CN3CC(C)OC(C)C3)cc2)c1[N+](=O)[O-]. The first-order valence-corrected chi connectivity index (χ1v) is 9.81. The number of amides is 1. The molecule has 7 heteroatoms. The Morgan fingerprint density at radius 2 is 1.76 bits per heavy atom. The maximum Gasteiger partial charge on any atom is 0.285 e. The molecule has 1 amide bonds. The van der Waals surface area contributed by atoms with E-state index in [0.29, 0.717) is 12.1 Å². The molecule has 29 heavy (non-hydrogen) atoms. The lowest BCUT2D eigenvalue weighted by molar-refractivity contribution is -0.385. The van der Waals surface area contributed by atoms with Crippen LogP contribution < -0.4 is 5.32 Å². The predicted molar refractivity (Wildman–Crippen MR) is 111 cm³/mol. The molecular formula is C22H27N3O4. The third kappa shape index (κ3) is 5.40. The van der Waals surface area contributed by atoms with Gasteiger partial charge in [-0.1, -0.05) is 36.4 Å². The number of carbonyl (C=O) groups is 1. The van der Waals surface area contributed by atoms with E-state index >= 15 is 0 Å². The van der Waals surface area contributed by atoms with Gasteiger partial charge in [-0.15, -0.1) is 0 Å². The fraction of sp³-hybridized carbons (Fsp3) is 0.409. The predicted octanol–water partition coefficient (Wildman–Crippen LogP) is 3.44. The van der Waals surface area contributed by atoms with Crippen LogP contribution in [0.2, 0.25) is 0 Å². The lowest BCUT2D eigenvalue weighted by Gasteiger charge is -2.35. The van der Waals surface area contributed by atoms with Crippen LogP contribution in [0.25, 0.3) is 0 Å². The Labute approximate surface area is 170 Å². The summed E-state index contributed by atoms with van der Waals surface area (Å²) in [6.45, 7) is 8.81. The Hall–Kier alpha value is -2.77. The maximum atomic E-state index is 12.5. The third-order valence-electron chi connectivity index (χ3n) is 5.04. The number of hydrogen-bond donors (Lipinski definition) is 1. The first-order chi connectivity index (χ1) is 13.8. The van der Waals surface area contributed by atoms with Crippen molar-refractivity contribution in [2.45, 2.75) is 46.1 Å². The second-order valence-electron chi connectivity index (χ2n) is 7.68. The van der Waals surface area contributed by atoms with E-state index in [2.05, 4.69) is 36.2 Å². The average molecular weight is 397 g/mol. The van der Waals surface area contributed by atoms with Gasteiger partial charge in [-0.2, -0.15) is 0 Å². The Kier molecular flexibility index (Phi) is 6.61. The van der Waals surface area contributed by atoms with Crippen LogP contribution in [0.5, 0.6) is 0 Å². The number of rotatable bonds is 6. The van der Waals surface area contributed by atoms with E-state index in [-0.39, 0.29) is 23.5 Å². The molecule has 1 heterocycles. The molecule has 1 saturated heterocycles. The monoisotopic (exact) mass is 397 g/mol. The van der Waals surface area contributed by atoms with E-state index in [4.69, 9.17) is 4.74 Å². The van der Waals surface area contributed by atoms with Crippen molar-refractivity contribution in [2.24, 2.45) is 0 Å². The van der Waals surface area contributed by atoms with Crippen LogP contribution in [-0.2, 0) is 17.8 Å². The highest BCUT2D eigenvalue weighted by molar-refractivity contribution is 5.98. The van der Waals surface area contributed by atoms with Gasteiger partial charge in [0.1, 0.15) is 5.56 Å². The number of para-hydroxylation sites is 1. The number of carbonyl (C=O) groups excluding carboxylic acids is 1. The van der Waals surface area contributed by atoms with Gasteiger partial charge < -0.3 is 10.1 Å². The van der Waals surface area contributed by atoms with Gasteiger partial charge in [0, 0.05) is 31.7 Å². The molecule has 0 aliphatic carbocycles. The van der Waals surface area contributed by atoms with Gasteiger partial charge in [0.2, 0.25) is 0 Å². The van der Waals surface area contributed by atoms with Gasteiger partial charge in [0.05, 0.1) is 17.1 Å². The fourth-order valence-corrected chi connectivity index (χ4v) is 3.80. The normalized spacial score (nSPS) is 19.7. The first kappa shape index (κ1) is 21.0. The van der Waals surface area contributed by atoms with Crippen molar-refractivity contribution < 1.29 is 14.5 Å². The first-order valence-electron chi connectivity index (χ1n) is 9.81. The molecule has 3 rings (SSSR count). The average Bonchev–Trinajstić information content (AvgIpc) is 2.66. The van der Waals surface area contributed by atoms with Crippen molar-refractivity contribution in [1.29, 1.82) is 0 Å². The summed E-state index contributed by atoms with van der Waals surface area (Å²) >= 11 is 0. The number of nitrogens with one attached hydrogen (secondary N) is 1. The largest absolute Gasteiger partial charge is 0.373 e. The lowest BCUT2D eigenvalue weighted by Crippen LogP contribution is -2.44. The van der Waals surface area contributed by atoms with Crippen LogP contribution in [0.3, 0.4) is 0 Å². The molecule has 0 bridgehead atoms. The smallest absolute Gasteiger partial charge is 0.285 e. The van der Waals surface area contributed by atoms with E-state index in [1.807, 2.05) is 12.1 Å². The summed E-state index contributed by atoms with van der Waals surface area (Å²) in [4.78, 5) is 25.6. The van der Waals surface area contributed by atoms with Crippen molar-refractivity contribution in [3.63, 3.8) is 0 Å². The van der Waals surface area contributed by atoms with Crippen molar-refractivity contribution in [2.75, 3.05) is 13.1 Å². The minimum atomic E-state index is -0.508. The van der Waals surface area contributed by atoms with Gasteiger partial charge in [0.15, 0.2) is 0 Å². The number of ether oxygens (including phenoxy) is 1. The topological polar surface area (TPSA) is 84.7 Å². The zero-order valence-corrected chi connectivity index (χ0v) is 17.1. The second kappa shape index (κ2) is 9.15. The van der Waals surface area contributed by atoms with E-state index in [0.717, 1.165) is 25.2 Å². The minimum absolute atomic E-state index is 0.0853. The summed E-state index contributed by atoms with van der Waals surface area (Å²) in [5, 5.41) is 14.1. The van der Waals surface area contributed by atoms with Crippen LogP contribution in [0.1, 0.15) is 40.9 Å². The minimum Gasteiger partial charge on any atom is -0.373 e. The number of nitro groups is 1. The van der Waals surface area contributed by atoms with Gasteiger partial charge in [-0.25, -0.2) is 0 Å². The summed E-state index contributed by atoms with van der Waals surface area (Å²) in [6.07, 6.45) is 0.470. The molecule has 0 radical (unpaired) electrons. The van der Waals surface area contributed by atoms with Crippen molar-refractivity contribution in [1.82, 2.24) is 10.2 Å². The van der Waals surface area contributed by atoms with E-state index in [1.165, 1.54) is 11.6 Å².